The lowest BCUT2D eigenvalue weighted by Crippen LogP contribution is -2.07. The van der Waals surface area contributed by atoms with Gasteiger partial charge in [-0.2, -0.15) is 0 Å². The zero-order valence-electron chi connectivity index (χ0n) is 6.98. The van der Waals surface area contributed by atoms with Crippen molar-refractivity contribution in [2.24, 2.45) is 17.3 Å². The van der Waals surface area contributed by atoms with Crippen molar-refractivity contribution in [3.63, 3.8) is 0 Å². The Labute approximate surface area is 63.3 Å². The van der Waals surface area contributed by atoms with Gasteiger partial charge in [0, 0.05) is 0 Å². The molecule has 56 valence electrons. The highest BCUT2D eigenvalue weighted by atomic mass is 14.6. The van der Waals surface area contributed by atoms with Gasteiger partial charge in [0.1, 0.15) is 0 Å². The maximum absolute atomic E-state index is 4.10. The van der Waals surface area contributed by atoms with Crippen molar-refractivity contribution < 1.29 is 0 Å². The summed E-state index contributed by atoms with van der Waals surface area (Å²) in [6.07, 6.45) is 4.18. The quantitative estimate of drug-likeness (QED) is 0.486. The Bertz CT molecular complexity index is 178. The van der Waals surface area contributed by atoms with E-state index in [1.807, 2.05) is 0 Å². The topological polar surface area (TPSA) is 0 Å². The molecule has 0 aromatic heterocycles. The van der Waals surface area contributed by atoms with Crippen LogP contribution in [0.15, 0.2) is 12.2 Å². The zero-order chi connectivity index (χ0) is 7.35. The summed E-state index contributed by atoms with van der Waals surface area (Å²) in [5, 5.41) is 0. The first-order valence-electron chi connectivity index (χ1n) is 4.34. The van der Waals surface area contributed by atoms with Gasteiger partial charge < -0.3 is 0 Å². The van der Waals surface area contributed by atoms with Crippen LogP contribution in [0.1, 0.15) is 33.1 Å². The van der Waals surface area contributed by atoms with Crippen molar-refractivity contribution >= 4 is 0 Å². The molecule has 0 saturated heterocycles. The van der Waals surface area contributed by atoms with Gasteiger partial charge in [-0.05, 0) is 36.5 Å². The Kier molecular flexibility index (Phi) is 1.07. The highest BCUT2D eigenvalue weighted by molar-refractivity contribution is 5.26. The van der Waals surface area contributed by atoms with Gasteiger partial charge in [0.25, 0.3) is 0 Å². The number of rotatable bonds is 1. The minimum absolute atomic E-state index is 0.733. The Morgan fingerprint density at radius 1 is 1.60 bits per heavy atom. The third-order valence-electron chi connectivity index (χ3n) is 3.67. The molecule has 2 atom stereocenters. The number of allylic oxidation sites excluding steroid dienone is 1. The standard InChI is InChI=1S/C10H16/c1-7(2)10-5-4-8(3)9(10)6-10/h7,9H,3-6H2,1-2H3/t9-,10?/m0/s1. The number of hydrogen-bond acceptors (Lipinski definition) is 0. The van der Waals surface area contributed by atoms with Crippen molar-refractivity contribution in [1.29, 1.82) is 0 Å². The third-order valence-corrected chi connectivity index (χ3v) is 3.67. The largest absolute Gasteiger partial charge is 0.0996 e. The Balaban J connectivity index is 2.18. The molecule has 0 heteroatoms. The molecule has 0 aromatic rings. The summed E-state index contributed by atoms with van der Waals surface area (Å²) in [7, 11) is 0. The first-order valence-corrected chi connectivity index (χ1v) is 4.34. The number of hydrogen-bond donors (Lipinski definition) is 0. The molecule has 0 amide bonds. The van der Waals surface area contributed by atoms with Crippen LogP contribution in [0.3, 0.4) is 0 Å². The van der Waals surface area contributed by atoms with E-state index in [1.54, 1.807) is 0 Å². The average Bonchev–Trinajstić information content (AvgIpc) is 2.52. The Morgan fingerprint density at radius 2 is 2.30 bits per heavy atom. The predicted molar refractivity (Wildman–Crippen MR) is 43.8 cm³/mol. The van der Waals surface area contributed by atoms with Crippen LogP contribution in [-0.4, -0.2) is 0 Å². The van der Waals surface area contributed by atoms with Crippen molar-refractivity contribution in [2.75, 3.05) is 0 Å². The monoisotopic (exact) mass is 136 g/mol. The molecule has 0 N–H and O–H groups in total. The molecule has 2 rings (SSSR count). The summed E-state index contributed by atoms with van der Waals surface area (Å²) in [6, 6.07) is 0. The van der Waals surface area contributed by atoms with Crippen LogP contribution < -0.4 is 0 Å². The van der Waals surface area contributed by atoms with E-state index in [1.165, 1.54) is 24.8 Å². The molecule has 0 nitrogen and oxygen atoms in total. The minimum Gasteiger partial charge on any atom is -0.0996 e. The van der Waals surface area contributed by atoms with Gasteiger partial charge in [0.2, 0.25) is 0 Å². The van der Waals surface area contributed by atoms with Gasteiger partial charge in [-0.3, -0.25) is 0 Å². The maximum Gasteiger partial charge on any atom is -0.0141 e. The molecule has 2 saturated carbocycles. The molecule has 2 aliphatic rings. The molecule has 1 unspecified atom stereocenters. The summed E-state index contributed by atoms with van der Waals surface area (Å²) in [4.78, 5) is 0. The Morgan fingerprint density at radius 3 is 2.50 bits per heavy atom. The van der Waals surface area contributed by atoms with Gasteiger partial charge >= 0.3 is 0 Å². The van der Waals surface area contributed by atoms with E-state index in [9.17, 15) is 0 Å². The molecule has 0 heterocycles. The smallest absolute Gasteiger partial charge is 0.0141 e. The lowest BCUT2D eigenvalue weighted by atomic mass is 9.90. The summed E-state index contributed by atoms with van der Waals surface area (Å²) in [6.45, 7) is 8.82. The van der Waals surface area contributed by atoms with Crippen LogP contribution in [-0.2, 0) is 0 Å². The molecular formula is C10H16. The lowest BCUT2D eigenvalue weighted by molar-refractivity contribution is 0.344. The fourth-order valence-corrected chi connectivity index (χ4v) is 2.64. The fraction of sp³-hybridized carbons (Fsp3) is 0.800. The van der Waals surface area contributed by atoms with Crippen LogP contribution in [0.25, 0.3) is 0 Å². The molecule has 2 aliphatic carbocycles. The van der Waals surface area contributed by atoms with E-state index in [2.05, 4.69) is 20.4 Å². The second kappa shape index (κ2) is 1.66. The van der Waals surface area contributed by atoms with E-state index >= 15 is 0 Å². The van der Waals surface area contributed by atoms with E-state index in [-0.39, 0.29) is 0 Å². The van der Waals surface area contributed by atoms with E-state index in [4.69, 9.17) is 0 Å². The summed E-state index contributed by atoms with van der Waals surface area (Å²) in [5.41, 5.74) is 2.27. The summed E-state index contributed by atoms with van der Waals surface area (Å²) in [5.74, 6) is 1.81. The van der Waals surface area contributed by atoms with Gasteiger partial charge in [-0.15, -0.1) is 0 Å². The first-order chi connectivity index (χ1) is 4.67. The molecule has 0 bridgehead atoms. The van der Waals surface area contributed by atoms with Crippen molar-refractivity contribution in [1.82, 2.24) is 0 Å². The van der Waals surface area contributed by atoms with Gasteiger partial charge in [-0.25, -0.2) is 0 Å². The maximum atomic E-state index is 4.10. The molecule has 0 aromatic carbocycles. The van der Waals surface area contributed by atoms with Crippen LogP contribution in [0.5, 0.6) is 0 Å². The van der Waals surface area contributed by atoms with Crippen LogP contribution >= 0.6 is 0 Å². The highest BCUT2D eigenvalue weighted by Gasteiger charge is 2.59. The van der Waals surface area contributed by atoms with Crippen LogP contribution in [0.4, 0.5) is 0 Å². The van der Waals surface area contributed by atoms with Gasteiger partial charge in [-0.1, -0.05) is 26.0 Å². The molecule has 2 fully saturated rings. The molecule has 0 spiro atoms. The van der Waals surface area contributed by atoms with E-state index < -0.39 is 0 Å². The SMILES string of the molecule is C=C1CCC2(C(C)C)C[C@@H]12. The molecule has 0 radical (unpaired) electrons. The van der Waals surface area contributed by atoms with Crippen molar-refractivity contribution in [2.45, 2.75) is 33.1 Å². The average molecular weight is 136 g/mol. The second-order valence-corrected chi connectivity index (χ2v) is 4.30. The first kappa shape index (κ1) is 6.45. The molecule has 10 heavy (non-hydrogen) atoms. The zero-order valence-corrected chi connectivity index (χ0v) is 6.98. The minimum atomic E-state index is 0.733. The van der Waals surface area contributed by atoms with Gasteiger partial charge in [0.05, 0.1) is 0 Å². The lowest BCUT2D eigenvalue weighted by Gasteiger charge is -2.15. The fourth-order valence-electron chi connectivity index (χ4n) is 2.64. The highest BCUT2D eigenvalue weighted by Crippen LogP contribution is 2.69. The third kappa shape index (κ3) is 0.574. The van der Waals surface area contributed by atoms with Crippen LogP contribution in [0.2, 0.25) is 0 Å². The summed E-state index contributed by atoms with van der Waals surface area (Å²) >= 11 is 0. The second-order valence-electron chi connectivity index (χ2n) is 4.30. The molecule has 0 aliphatic heterocycles. The van der Waals surface area contributed by atoms with Crippen molar-refractivity contribution in [3.8, 4) is 0 Å². The normalized spacial score (nSPS) is 44.3. The van der Waals surface area contributed by atoms with E-state index in [0.717, 1.165) is 17.3 Å². The number of fused-ring (bicyclic) bond motifs is 1. The molecular weight excluding hydrogens is 120 g/mol. The van der Waals surface area contributed by atoms with Gasteiger partial charge in [0.15, 0.2) is 0 Å². The Hall–Kier alpha value is -0.260. The summed E-state index contributed by atoms with van der Waals surface area (Å²) < 4.78 is 0. The predicted octanol–water partition coefficient (Wildman–Crippen LogP) is 3.00. The van der Waals surface area contributed by atoms with Crippen LogP contribution in [0, 0.1) is 17.3 Å². The van der Waals surface area contributed by atoms with E-state index in [0.29, 0.717) is 0 Å². The van der Waals surface area contributed by atoms with Crippen molar-refractivity contribution in [3.05, 3.63) is 12.2 Å².